The molecule has 0 unspecified atom stereocenters. The minimum Gasteiger partial charge on any atom is -0.495 e. The normalized spacial score (nSPS) is 14.3. The van der Waals surface area contributed by atoms with Gasteiger partial charge in [-0.3, -0.25) is 4.79 Å². The van der Waals surface area contributed by atoms with Crippen molar-refractivity contribution in [3.05, 3.63) is 59.9 Å². The van der Waals surface area contributed by atoms with E-state index in [0.717, 1.165) is 11.4 Å². The van der Waals surface area contributed by atoms with Gasteiger partial charge in [0, 0.05) is 31.7 Å². The minimum atomic E-state index is -4.82. The minimum absolute atomic E-state index is 0.178. The standard InChI is InChI=1S/C23H22F3N3O4/c1-15-20(21(27-33-15)16-6-5-7-17(14-16)32-23(24,25)26)22(30)29-12-10-28(11-13-29)18-8-3-4-9-19(18)31-2/h3-9,14H,10-13H2,1-2H3. The number of aromatic nitrogens is 1. The summed E-state index contributed by atoms with van der Waals surface area (Å²) in [6, 6.07) is 13.0. The van der Waals surface area contributed by atoms with E-state index in [2.05, 4.69) is 14.8 Å². The molecule has 0 radical (unpaired) electrons. The van der Waals surface area contributed by atoms with E-state index in [0.29, 0.717) is 37.5 Å². The molecule has 2 aromatic carbocycles. The average Bonchev–Trinajstić information content (AvgIpc) is 3.19. The maximum Gasteiger partial charge on any atom is 0.573 e. The number of amides is 1. The number of anilines is 1. The zero-order chi connectivity index (χ0) is 23.6. The first-order valence-electron chi connectivity index (χ1n) is 10.3. The molecule has 33 heavy (non-hydrogen) atoms. The van der Waals surface area contributed by atoms with Gasteiger partial charge >= 0.3 is 6.36 Å². The number of methoxy groups -OCH3 is 1. The van der Waals surface area contributed by atoms with Gasteiger partial charge in [-0.25, -0.2) is 0 Å². The van der Waals surface area contributed by atoms with Gasteiger partial charge in [-0.2, -0.15) is 0 Å². The summed E-state index contributed by atoms with van der Waals surface area (Å²) in [7, 11) is 1.61. The number of alkyl halides is 3. The molecule has 4 rings (SSSR count). The Kier molecular flexibility index (Phi) is 6.17. The van der Waals surface area contributed by atoms with Crippen molar-refractivity contribution in [2.75, 3.05) is 38.2 Å². The van der Waals surface area contributed by atoms with Crippen molar-refractivity contribution in [2.45, 2.75) is 13.3 Å². The third-order valence-corrected chi connectivity index (χ3v) is 5.41. The van der Waals surface area contributed by atoms with Gasteiger partial charge in [0.1, 0.15) is 28.5 Å². The lowest BCUT2D eigenvalue weighted by molar-refractivity contribution is -0.274. The molecule has 10 heteroatoms. The lowest BCUT2D eigenvalue weighted by atomic mass is 10.0. The second kappa shape index (κ2) is 9.05. The SMILES string of the molecule is COc1ccccc1N1CCN(C(=O)c2c(-c3cccc(OC(F)(F)F)c3)noc2C)CC1. The lowest BCUT2D eigenvalue weighted by Crippen LogP contribution is -2.49. The molecule has 2 heterocycles. The largest absolute Gasteiger partial charge is 0.573 e. The van der Waals surface area contributed by atoms with Crippen LogP contribution in [0.2, 0.25) is 0 Å². The van der Waals surface area contributed by atoms with E-state index >= 15 is 0 Å². The number of carbonyl (C=O) groups is 1. The molecule has 3 aromatic rings. The monoisotopic (exact) mass is 461 g/mol. The number of halogens is 3. The first-order valence-corrected chi connectivity index (χ1v) is 10.3. The highest BCUT2D eigenvalue weighted by Crippen LogP contribution is 2.32. The molecule has 174 valence electrons. The smallest absolute Gasteiger partial charge is 0.495 e. The van der Waals surface area contributed by atoms with Gasteiger partial charge in [0.15, 0.2) is 0 Å². The van der Waals surface area contributed by atoms with Crippen LogP contribution >= 0.6 is 0 Å². The Labute approximate surface area is 188 Å². The zero-order valence-corrected chi connectivity index (χ0v) is 18.1. The Morgan fingerprint density at radius 2 is 1.79 bits per heavy atom. The second-order valence-electron chi connectivity index (χ2n) is 7.49. The highest BCUT2D eigenvalue weighted by atomic mass is 19.4. The van der Waals surface area contributed by atoms with Gasteiger partial charge in [0.25, 0.3) is 5.91 Å². The Morgan fingerprint density at radius 3 is 2.48 bits per heavy atom. The van der Waals surface area contributed by atoms with Gasteiger partial charge in [-0.15, -0.1) is 13.2 Å². The van der Waals surface area contributed by atoms with Crippen molar-refractivity contribution in [2.24, 2.45) is 0 Å². The molecule has 7 nitrogen and oxygen atoms in total. The Bertz CT molecular complexity index is 1140. The van der Waals surface area contributed by atoms with E-state index in [9.17, 15) is 18.0 Å². The molecule has 0 saturated carbocycles. The van der Waals surface area contributed by atoms with Crippen molar-refractivity contribution in [3.63, 3.8) is 0 Å². The van der Waals surface area contributed by atoms with Crippen LogP contribution in [0.3, 0.4) is 0 Å². The maximum absolute atomic E-state index is 13.3. The number of rotatable bonds is 5. The fourth-order valence-electron chi connectivity index (χ4n) is 3.86. The quantitative estimate of drug-likeness (QED) is 0.557. The van der Waals surface area contributed by atoms with E-state index in [1.54, 1.807) is 25.0 Å². The Morgan fingerprint density at radius 1 is 1.06 bits per heavy atom. The molecular weight excluding hydrogens is 439 g/mol. The summed E-state index contributed by atoms with van der Waals surface area (Å²) in [5.41, 5.74) is 1.65. The van der Waals surface area contributed by atoms with Gasteiger partial charge in [-0.05, 0) is 31.2 Å². The van der Waals surface area contributed by atoms with Crippen molar-refractivity contribution < 1.29 is 32.0 Å². The molecule has 1 aliphatic heterocycles. The van der Waals surface area contributed by atoms with Crippen LogP contribution < -0.4 is 14.4 Å². The molecule has 0 N–H and O–H groups in total. The maximum atomic E-state index is 13.3. The molecule has 0 spiro atoms. The summed E-state index contributed by atoms with van der Waals surface area (Å²) < 4.78 is 52.5. The fraction of sp³-hybridized carbons (Fsp3) is 0.304. The van der Waals surface area contributed by atoms with Crippen molar-refractivity contribution in [1.82, 2.24) is 10.1 Å². The summed E-state index contributed by atoms with van der Waals surface area (Å²) in [6.07, 6.45) is -4.82. The van der Waals surface area contributed by atoms with Crippen LogP contribution in [0.1, 0.15) is 16.1 Å². The molecule has 1 amide bonds. The van der Waals surface area contributed by atoms with E-state index in [4.69, 9.17) is 9.26 Å². The number of hydrogen-bond donors (Lipinski definition) is 0. The third-order valence-electron chi connectivity index (χ3n) is 5.41. The van der Waals surface area contributed by atoms with Gasteiger partial charge < -0.3 is 23.8 Å². The predicted molar refractivity (Wildman–Crippen MR) is 114 cm³/mol. The second-order valence-corrected chi connectivity index (χ2v) is 7.49. The number of para-hydroxylation sites is 2. The van der Waals surface area contributed by atoms with Crippen LogP contribution in [0.25, 0.3) is 11.3 Å². The van der Waals surface area contributed by atoms with Crippen LogP contribution in [-0.2, 0) is 0 Å². The number of nitrogens with zero attached hydrogens (tertiary/aromatic N) is 3. The number of benzene rings is 2. The average molecular weight is 461 g/mol. The highest BCUT2D eigenvalue weighted by molar-refractivity contribution is 6.01. The number of carbonyl (C=O) groups excluding carboxylic acids is 1. The first-order chi connectivity index (χ1) is 15.8. The number of aryl methyl sites for hydroxylation is 1. The van der Waals surface area contributed by atoms with Crippen LogP contribution in [0.4, 0.5) is 18.9 Å². The molecule has 1 aliphatic rings. The number of piperazine rings is 1. The van der Waals surface area contributed by atoms with Crippen molar-refractivity contribution in [1.29, 1.82) is 0 Å². The number of ether oxygens (including phenoxy) is 2. The summed E-state index contributed by atoms with van der Waals surface area (Å²) >= 11 is 0. The summed E-state index contributed by atoms with van der Waals surface area (Å²) in [5, 5.41) is 3.94. The van der Waals surface area contributed by atoms with Crippen molar-refractivity contribution >= 4 is 11.6 Å². The van der Waals surface area contributed by atoms with Gasteiger partial charge in [-0.1, -0.05) is 29.4 Å². The van der Waals surface area contributed by atoms with E-state index in [1.807, 2.05) is 24.3 Å². The van der Waals surface area contributed by atoms with Crippen LogP contribution in [0, 0.1) is 6.92 Å². The van der Waals surface area contributed by atoms with Crippen LogP contribution in [0.5, 0.6) is 11.5 Å². The first kappa shape index (κ1) is 22.5. The van der Waals surface area contributed by atoms with E-state index < -0.39 is 12.1 Å². The van der Waals surface area contributed by atoms with Crippen LogP contribution in [-0.4, -0.2) is 55.6 Å². The topological polar surface area (TPSA) is 68.0 Å². The predicted octanol–water partition coefficient (Wildman–Crippen LogP) is 4.52. The van der Waals surface area contributed by atoms with Gasteiger partial charge in [0.2, 0.25) is 0 Å². The summed E-state index contributed by atoms with van der Waals surface area (Å²) in [4.78, 5) is 17.2. The molecule has 1 fully saturated rings. The molecule has 0 aliphatic carbocycles. The van der Waals surface area contributed by atoms with E-state index in [-0.39, 0.29) is 17.2 Å². The summed E-state index contributed by atoms with van der Waals surface area (Å²) in [5.74, 6) is 0.370. The van der Waals surface area contributed by atoms with Crippen LogP contribution in [0.15, 0.2) is 53.1 Å². The molecule has 1 aromatic heterocycles. The molecular formula is C23H22F3N3O4. The third kappa shape index (κ3) is 4.89. The lowest BCUT2D eigenvalue weighted by Gasteiger charge is -2.36. The molecule has 0 bridgehead atoms. The fourth-order valence-corrected chi connectivity index (χ4v) is 3.86. The van der Waals surface area contributed by atoms with Gasteiger partial charge in [0.05, 0.1) is 12.8 Å². The van der Waals surface area contributed by atoms with E-state index in [1.165, 1.54) is 18.2 Å². The molecule has 1 saturated heterocycles. The summed E-state index contributed by atoms with van der Waals surface area (Å²) in [6.45, 7) is 3.71. The highest BCUT2D eigenvalue weighted by Gasteiger charge is 2.32. The zero-order valence-electron chi connectivity index (χ0n) is 18.1. The van der Waals surface area contributed by atoms with Crippen molar-refractivity contribution in [3.8, 4) is 22.8 Å². The Hall–Kier alpha value is -3.69. The Balaban J connectivity index is 1.53. The molecule has 0 atom stereocenters. The number of hydrogen-bond acceptors (Lipinski definition) is 6.